The summed E-state index contributed by atoms with van der Waals surface area (Å²) in [6, 6.07) is 1.46. The lowest BCUT2D eigenvalue weighted by molar-refractivity contribution is 0.0729. The molecule has 4 atom stereocenters. The third-order valence-electron chi connectivity index (χ3n) is 5.15. The molecule has 1 N–H and O–H groups in total. The van der Waals surface area contributed by atoms with Gasteiger partial charge < -0.3 is 15.1 Å². The lowest BCUT2D eigenvalue weighted by Crippen LogP contribution is -2.53. The Morgan fingerprint density at radius 3 is 2.61 bits per heavy atom. The van der Waals surface area contributed by atoms with Crippen molar-refractivity contribution in [3.8, 4) is 0 Å². The maximum Gasteiger partial charge on any atom is 0.0192 e. The van der Waals surface area contributed by atoms with Crippen LogP contribution in [0.4, 0.5) is 0 Å². The molecule has 0 amide bonds. The molecule has 0 aromatic rings. The Balaban J connectivity index is 1.87. The van der Waals surface area contributed by atoms with Crippen LogP contribution in [0.1, 0.15) is 33.1 Å². The molecule has 0 spiro atoms. The summed E-state index contributed by atoms with van der Waals surface area (Å²) in [5, 5.41) is 3.55. The summed E-state index contributed by atoms with van der Waals surface area (Å²) < 4.78 is 0. The molecule has 2 rings (SSSR count). The summed E-state index contributed by atoms with van der Waals surface area (Å²) in [7, 11) is 4.39. The molecule has 0 bridgehead atoms. The Hall–Kier alpha value is -0.120. The standard InChI is InChI=1S/C15H31N3/c1-12-5-6-15(16-3)14(9-12)11-18-8-7-17(4)13(2)10-18/h12-16H,5-11H2,1-4H3. The molecule has 0 radical (unpaired) electrons. The first kappa shape index (κ1) is 14.3. The number of piperazine rings is 1. The van der Waals surface area contributed by atoms with Crippen LogP contribution in [0.15, 0.2) is 0 Å². The van der Waals surface area contributed by atoms with Crippen LogP contribution in [0.3, 0.4) is 0 Å². The molecule has 0 aromatic heterocycles. The molecule has 106 valence electrons. The Morgan fingerprint density at radius 2 is 1.94 bits per heavy atom. The van der Waals surface area contributed by atoms with E-state index in [1.54, 1.807) is 0 Å². The van der Waals surface area contributed by atoms with Gasteiger partial charge in [0.05, 0.1) is 0 Å². The zero-order valence-corrected chi connectivity index (χ0v) is 12.7. The van der Waals surface area contributed by atoms with E-state index in [-0.39, 0.29) is 0 Å². The van der Waals surface area contributed by atoms with Gasteiger partial charge in [-0.25, -0.2) is 0 Å². The molecule has 3 nitrogen and oxygen atoms in total. The fourth-order valence-corrected chi connectivity index (χ4v) is 3.70. The van der Waals surface area contributed by atoms with Gasteiger partial charge in [0.2, 0.25) is 0 Å². The second-order valence-electron chi connectivity index (χ2n) is 6.66. The third kappa shape index (κ3) is 3.46. The highest BCUT2D eigenvalue weighted by molar-refractivity contribution is 4.87. The topological polar surface area (TPSA) is 18.5 Å². The van der Waals surface area contributed by atoms with Crippen molar-refractivity contribution in [2.45, 2.75) is 45.2 Å². The second kappa shape index (κ2) is 6.36. The van der Waals surface area contributed by atoms with Gasteiger partial charge >= 0.3 is 0 Å². The normalized spacial score (nSPS) is 40.0. The predicted molar refractivity (Wildman–Crippen MR) is 77.9 cm³/mol. The van der Waals surface area contributed by atoms with E-state index in [0.29, 0.717) is 6.04 Å². The summed E-state index contributed by atoms with van der Waals surface area (Å²) in [6.07, 6.45) is 4.18. The number of hydrogen-bond donors (Lipinski definition) is 1. The third-order valence-corrected chi connectivity index (χ3v) is 5.15. The highest BCUT2D eigenvalue weighted by Crippen LogP contribution is 2.30. The predicted octanol–water partition coefficient (Wildman–Crippen LogP) is 1.65. The maximum atomic E-state index is 3.55. The van der Waals surface area contributed by atoms with Crippen LogP contribution in [0, 0.1) is 11.8 Å². The smallest absolute Gasteiger partial charge is 0.0192 e. The largest absolute Gasteiger partial charge is 0.317 e. The molecular weight excluding hydrogens is 222 g/mol. The fourth-order valence-electron chi connectivity index (χ4n) is 3.70. The quantitative estimate of drug-likeness (QED) is 0.825. The van der Waals surface area contributed by atoms with E-state index in [1.165, 1.54) is 45.4 Å². The van der Waals surface area contributed by atoms with Gasteiger partial charge in [0.1, 0.15) is 0 Å². The summed E-state index contributed by atoms with van der Waals surface area (Å²) in [5.41, 5.74) is 0. The van der Waals surface area contributed by atoms with Crippen molar-refractivity contribution in [1.82, 2.24) is 15.1 Å². The molecule has 1 saturated heterocycles. The molecule has 1 aliphatic carbocycles. The molecular formula is C15H31N3. The van der Waals surface area contributed by atoms with Crippen LogP contribution >= 0.6 is 0 Å². The minimum atomic E-state index is 0.716. The molecule has 1 heterocycles. The van der Waals surface area contributed by atoms with E-state index < -0.39 is 0 Å². The fraction of sp³-hybridized carbons (Fsp3) is 1.00. The highest BCUT2D eigenvalue weighted by Gasteiger charge is 2.30. The first-order chi connectivity index (χ1) is 8.60. The van der Waals surface area contributed by atoms with E-state index in [1.807, 2.05) is 0 Å². The van der Waals surface area contributed by atoms with Gasteiger partial charge in [-0.05, 0) is 52.1 Å². The number of likely N-dealkylation sites (N-methyl/N-ethyl adjacent to an activating group) is 1. The van der Waals surface area contributed by atoms with Gasteiger partial charge in [0.25, 0.3) is 0 Å². The zero-order chi connectivity index (χ0) is 13.1. The maximum absolute atomic E-state index is 3.55. The minimum Gasteiger partial charge on any atom is -0.317 e. The van der Waals surface area contributed by atoms with Crippen molar-refractivity contribution in [3.05, 3.63) is 0 Å². The van der Waals surface area contributed by atoms with Gasteiger partial charge in [0.15, 0.2) is 0 Å². The average molecular weight is 253 g/mol. The number of rotatable bonds is 3. The lowest BCUT2D eigenvalue weighted by Gasteiger charge is -2.42. The van der Waals surface area contributed by atoms with Crippen LogP contribution < -0.4 is 5.32 Å². The van der Waals surface area contributed by atoms with Gasteiger partial charge in [-0.1, -0.05) is 6.92 Å². The van der Waals surface area contributed by atoms with Crippen LogP contribution in [0.25, 0.3) is 0 Å². The van der Waals surface area contributed by atoms with Crippen LogP contribution in [-0.4, -0.2) is 62.2 Å². The van der Waals surface area contributed by atoms with E-state index in [9.17, 15) is 0 Å². The van der Waals surface area contributed by atoms with Gasteiger partial charge in [-0.2, -0.15) is 0 Å². The van der Waals surface area contributed by atoms with E-state index in [4.69, 9.17) is 0 Å². The average Bonchev–Trinajstić information content (AvgIpc) is 2.34. The molecule has 4 unspecified atom stereocenters. The first-order valence-electron chi connectivity index (χ1n) is 7.70. The summed E-state index contributed by atoms with van der Waals surface area (Å²) >= 11 is 0. The number of nitrogens with zero attached hydrogens (tertiary/aromatic N) is 2. The highest BCUT2D eigenvalue weighted by atomic mass is 15.3. The van der Waals surface area contributed by atoms with Crippen molar-refractivity contribution in [2.24, 2.45) is 11.8 Å². The molecule has 1 aliphatic heterocycles. The molecule has 2 fully saturated rings. The zero-order valence-electron chi connectivity index (χ0n) is 12.7. The monoisotopic (exact) mass is 253 g/mol. The SMILES string of the molecule is CNC1CCC(C)CC1CN1CCN(C)C(C)C1. The Kier molecular flexibility index (Phi) is 5.05. The van der Waals surface area contributed by atoms with Crippen LogP contribution in [-0.2, 0) is 0 Å². The van der Waals surface area contributed by atoms with Crippen molar-refractivity contribution in [3.63, 3.8) is 0 Å². The van der Waals surface area contributed by atoms with E-state index >= 15 is 0 Å². The van der Waals surface area contributed by atoms with Crippen molar-refractivity contribution < 1.29 is 0 Å². The van der Waals surface area contributed by atoms with Gasteiger partial charge in [0, 0.05) is 38.3 Å². The molecule has 2 aliphatic rings. The molecule has 0 aromatic carbocycles. The Morgan fingerprint density at radius 1 is 1.17 bits per heavy atom. The second-order valence-corrected chi connectivity index (χ2v) is 6.66. The molecule has 3 heteroatoms. The van der Waals surface area contributed by atoms with Crippen LogP contribution in [0.5, 0.6) is 0 Å². The van der Waals surface area contributed by atoms with Gasteiger partial charge in [-0.3, -0.25) is 0 Å². The number of nitrogens with one attached hydrogen (secondary N) is 1. The lowest BCUT2D eigenvalue weighted by atomic mass is 9.78. The van der Waals surface area contributed by atoms with Crippen molar-refractivity contribution in [1.29, 1.82) is 0 Å². The Bertz CT molecular complexity index is 256. The molecule has 18 heavy (non-hydrogen) atoms. The summed E-state index contributed by atoms with van der Waals surface area (Å²) in [6.45, 7) is 9.80. The van der Waals surface area contributed by atoms with Crippen molar-refractivity contribution in [2.75, 3.05) is 40.3 Å². The van der Waals surface area contributed by atoms with Crippen LogP contribution in [0.2, 0.25) is 0 Å². The van der Waals surface area contributed by atoms with Gasteiger partial charge in [-0.15, -0.1) is 0 Å². The first-order valence-corrected chi connectivity index (χ1v) is 7.70. The minimum absolute atomic E-state index is 0.716. The number of hydrogen-bond acceptors (Lipinski definition) is 3. The molecule has 1 saturated carbocycles. The Labute approximate surface area is 113 Å². The van der Waals surface area contributed by atoms with Crippen molar-refractivity contribution >= 4 is 0 Å². The summed E-state index contributed by atoms with van der Waals surface area (Å²) in [4.78, 5) is 5.17. The van der Waals surface area contributed by atoms with E-state index in [2.05, 4.69) is 43.1 Å². The van der Waals surface area contributed by atoms with E-state index in [0.717, 1.165) is 17.9 Å². The summed E-state index contributed by atoms with van der Waals surface area (Å²) in [5.74, 6) is 1.78.